The molecule has 1 aromatic rings. The fourth-order valence-corrected chi connectivity index (χ4v) is 3.14. The number of allylic oxidation sites excluding steroid dienone is 2. The summed E-state index contributed by atoms with van der Waals surface area (Å²) in [6.07, 6.45) is 3.35. The van der Waals surface area contributed by atoms with Gasteiger partial charge >= 0.3 is 11.9 Å². The number of aliphatic hydroxyl groups is 1. The zero-order chi connectivity index (χ0) is 18.8. The van der Waals surface area contributed by atoms with E-state index in [2.05, 4.69) is 0 Å². The van der Waals surface area contributed by atoms with Gasteiger partial charge in [-0.15, -0.1) is 0 Å². The topological polar surface area (TPSA) is 93.1 Å². The van der Waals surface area contributed by atoms with Crippen LogP contribution in [-0.4, -0.2) is 54.2 Å². The van der Waals surface area contributed by atoms with E-state index < -0.39 is 30.0 Å². The van der Waals surface area contributed by atoms with Crippen molar-refractivity contribution in [1.82, 2.24) is 4.90 Å². The third-order valence-corrected chi connectivity index (χ3v) is 4.28. The molecule has 0 radical (unpaired) electrons. The Morgan fingerprint density at radius 3 is 2.31 bits per heavy atom. The number of Topliss-reactive ketones (excluding diaryl/α,β-unsaturated/α-hetero) is 1. The van der Waals surface area contributed by atoms with Crippen LogP contribution in [0.15, 0.2) is 65.4 Å². The number of ether oxygens (including phenoxy) is 2. The lowest BCUT2D eigenvalue weighted by atomic mass is 9.96. The maximum Gasteiger partial charge on any atom is 0.340 e. The molecule has 2 aliphatic heterocycles. The van der Waals surface area contributed by atoms with Gasteiger partial charge in [-0.1, -0.05) is 36.4 Å². The van der Waals surface area contributed by atoms with E-state index in [4.69, 9.17) is 9.47 Å². The molecule has 2 atom stereocenters. The predicted octanol–water partition coefficient (Wildman–Crippen LogP) is 0.968. The van der Waals surface area contributed by atoms with Crippen LogP contribution in [-0.2, 0) is 19.1 Å². The number of rotatable bonds is 4. The Balaban J connectivity index is 2.22. The van der Waals surface area contributed by atoms with Crippen LogP contribution in [0.3, 0.4) is 0 Å². The second kappa shape index (κ2) is 6.97. The molecule has 3 rings (SSSR count). The molecular formula is C19H17NO6. The fraction of sp³-hybridized carbons (Fsp3) is 0.211. The minimum Gasteiger partial charge on any atom is -0.466 e. The van der Waals surface area contributed by atoms with E-state index in [1.165, 1.54) is 18.1 Å². The highest BCUT2D eigenvalue weighted by Gasteiger charge is 2.49. The lowest BCUT2D eigenvalue weighted by molar-refractivity contribution is -0.139. The molecule has 26 heavy (non-hydrogen) atoms. The molecule has 0 amide bonds. The Hall–Kier alpha value is -3.19. The average molecular weight is 355 g/mol. The van der Waals surface area contributed by atoms with Crippen molar-refractivity contribution < 1.29 is 29.0 Å². The van der Waals surface area contributed by atoms with Gasteiger partial charge < -0.3 is 19.5 Å². The fourth-order valence-electron chi connectivity index (χ4n) is 3.14. The Morgan fingerprint density at radius 1 is 1.04 bits per heavy atom. The first kappa shape index (κ1) is 17.6. The van der Waals surface area contributed by atoms with Crippen LogP contribution in [0.25, 0.3) is 0 Å². The van der Waals surface area contributed by atoms with Crippen LogP contribution in [0.4, 0.5) is 0 Å². The third kappa shape index (κ3) is 2.72. The lowest BCUT2D eigenvalue weighted by Gasteiger charge is -2.33. The number of esters is 2. The molecule has 0 bridgehead atoms. The van der Waals surface area contributed by atoms with Gasteiger partial charge in [0.2, 0.25) is 0 Å². The van der Waals surface area contributed by atoms with E-state index in [0.29, 0.717) is 5.56 Å². The summed E-state index contributed by atoms with van der Waals surface area (Å²) in [6, 6.07) is 7.13. The SMILES string of the molecule is COC(=O)C1=C(C(=O)OC)C(C(=O)c2ccccc2)N2C1=CC=CC2O. The average Bonchev–Trinajstić information content (AvgIpc) is 3.03. The number of nitrogens with zero attached hydrogens (tertiary/aromatic N) is 1. The number of ketones is 1. The Labute approximate surface area is 149 Å². The zero-order valence-electron chi connectivity index (χ0n) is 14.2. The molecule has 0 spiro atoms. The summed E-state index contributed by atoms with van der Waals surface area (Å²) in [7, 11) is 2.34. The molecule has 7 nitrogen and oxygen atoms in total. The summed E-state index contributed by atoms with van der Waals surface area (Å²) in [4.78, 5) is 39.2. The normalized spacial score (nSPS) is 21.2. The minimum atomic E-state index is -1.20. The van der Waals surface area contributed by atoms with Crippen LogP contribution in [0.1, 0.15) is 10.4 Å². The van der Waals surface area contributed by atoms with Gasteiger partial charge in [0.15, 0.2) is 5.78 Å². The first-order chi connectivity index (χ1) is 12.5. The maximum absolute atomic E-state index is 13.1. The quantitative estimate of drug-likeness (QED) is 0.635. The first-order valence-corrected chi connectivity index (χ1v) is 7.86. The zero-order valence-corrected chi connectivity index (χ0v) is 14.2. The van der Waals surface area contributed by atoms with Crippen molar-refractivity contribution in [3.05, 3.63) is 71.0 Å². The molecule has 1 N–H and O–H groups in total. The number of aliphatic hydroxyl groups excluding tert-OH is 1. The van der Waals surface area contributed by atoms with Crippen molar-refractivity contribution >= 4 is 17.7 Å². The van der Waals surface area contributed by atoms with E-state index in [1.807, 2.05) is 0 Å². The summed E-state index contributed by atoms with van der Waals surface area (Å²) in [6.45, 7) is 0. The summed E-state index contributed by atoms with van der Waals surface area (Å²) in [5.41, 5.74) is 0.340. The third-order valence-electron chi connectivity index (χ3n) is 4.28. The second-order valence-corrected chi connectivity index (χ2v) is 5.66. The standard InChI is InChI=1S/C19H17NO6/c1-25-18(23)14-12-9-6-10-13(21)20(12)16(15(14)19(24)26-2)17(22)11-7-4-3-5-8-11/h3-10,13,16,21H,1-2H3. The van der Waals surface area contributed by atoms with Gasteiger partial charge in [0.05, 0.1) is 31.1 Å². The van der Waals surface area contributed by atoms with Crippen molar-refractivity contribution in [2.24, 2.45) is 0 Å². The number of benzene rings is 1. The highest BCUT2D eigenvalue weighted by molar-refractivity contribution is 6.14. The number of carbonyl (C=O) groups excluding carboxylic acids is 3. The number of methoxy groups -OCH3 is 2. The highest BCUT2D eigenvalue weighted by atomic mass is 16.5. The Kier molecular flexibility index (Phi) is 4.73. The number of hydrogen-bond acceptors (Lipinski definition) is 7. The molecular weight excluding hydrogens is 338 g/mol. The Morgan fingerprint density at radius 2 is 1.69 bits per heavy atom. The van der Waals surface area contributed by atoms with Crippen molar-refractivity contribution in [2.45, 2.75) is 12.3 Å². The first-order valence-electron chi connectivity index (χ1n) is 7.86. The molecule has 2 heterocycles. The van der Waals surface area contributed by atoms with E-state index in [-0.39, 0.29) is 16.8 Å². The van der Waals surface area contributed by atoms with Crippen molar-refractivity contribution in [3.8, 4) is 0 Å². The molecule has 0 saturated heterocycles. The summed E-state index contributed by atoms with van der Waals surface area (Å²) in [5.74, 6) is -2.06. The van der Waals surface area contributed by atoms with E-state index in [9.17, 15) is 19.5 Å². The van der Waals surface area contributed by atoms with Gasteiger partial charge in [-0.05, 0) is 12.2 Å². The minimum absolute atomic E-state index is 0.0861. The predicted molar refractivity (Wildman–Crippen MR) is 90.7 cm³/mol. The summed E-state index contributed by atoms with van der Waals surface area (Å²) in [5, 5.41) is 10.4. The van der Waals surface area contributed by atoms with Gasteiger partial charge in [0.25, 0.3) is 0 Å². The molecule has 7 heteroatoms. The molecule has 0 fully saturated rings. The highest BCUT2D eigenvalue weighted by Crippen LogP contribution is 2.39. The van der Waals surface area contributed by atoms with Crippen LogP contribution in [0.2, 0.25) is 0 Å². The van der Waals surface area contributed by atoms with Crippen LogP contribution >= 0.6 is 0 Å². The molecule has 1 aromatic carbocycles. The summed E-state index contributed by atoms with van der Waals surface area (Å²) >= 11 is 0. The van der Waals surface area contributed by atoms with Crippen molar-refractivity contribution in [3.63, 3.8) is 0 Å². The van der Waals surface area contributed by atoms with E-state index >= 15 is 0 Å². The lowest BCUT2D eigenvalue weighted by Crippen LogP contribution is -2.45. The van der Waals surface area contributed by atoms with Gasteiger partial charge in [-0.2, -0.15) is 0 Å². The maximum atomic E-state index is 13.1. The van der Waals surface area contributed by atoms with Crippen LogP contribution in [0, 0.1) is 0 Å². The molecule has 2 aliphatic rings. The number of carbonyl (C=O) groups is 3. The molecule has 134 valence electrons. The van der Waals surface area contributed by atoms with Gasteiger partial charge in [-0.25, -0.2) is 9.59 Å². The van der Waals surface area contributed by atoms with Gasteiger partial charge in [0.1, 0.15) is 12.3 Å². The monoisotopic (exact) mass is 355 g/mol. The van der Waals surface area contributed by atoms with E-state index in [0.717, 1.165) is 7.11 Å². The van der Waals surface area contributed by atoms with Crippen molar-refractivity contribution in [1.29, 1.82) is 0 Å². The second-order valence-electron chi connectivity index (χ2n) is 5.66. The molecule has 2 unspecified atom stereocenters. The van der Waals surface area contributed by atoms with Crippen LogP contribution in [0.5, 0.6) is 0 Å². The van der Waals surface area contributed by atoms with Crippen LogP contribution < -0.4 is 0 Å². The van der Waals surface area contributed by atoms with Gasteiger partial charge in [0, 0.05) is 5.56 Å². The summed E-state index contributed by atoms with van der Waals surface area (Å²) < 4.78 is 9.59. The smallest absolute Gasteiger partial charge is 0.340 e. The Bertz CT molecular complexity index is 852. The van der Waals surface area contributed by atoms with Gasteiger partial charge in [-0.3, -0.25) is 4.79 Å². The number of hydrogen-bond donors (Lipinski definition) is 1. The van der Waals surface area contributed by atoms with E-state index in [1.54, 1.807) is 42.5 Å². The largest absolute Gasteiger partial charge is 0.466 e. The van der Waals surface area contributed by atoms with Crippen molar-refractivity contribution in [2.75, 3.05) is 14.2 Å². The molecule has 0 aliphatic carbocycles. The molecule has 0 saturated carbocycles. The molecule has 0 aromatic heterocycles. The number of fused-ring (bicyclic) bond motifs is 1.